The highest BCUT2D eigenvalue weighted by Gasteiger charge is 2.35. The number of carbonyl (C=O) groups excluding carboxylic acids is 1. The van der Waals surface area contributed by atoms with E-state index in [9.17, 15) is 18.0 Å². The molecule has 0 saturated carbocycles. The lowest BCUT2D eigenvalue weighted by atomic mass is 10.2. The second-order valence-corrected chi connectivity index (χ2v) is 7.08. The first kappa shape index (κ1) is 15.4. The van der Waals surface area contributed by atoms with E-state index in [1.54, 1.807) is 6.07 Å². The standard InChI is InChI=1S/C12H16N2O6S/c15-11(16)5-10-8-21(18,19)4-2-14(10)12(17)13-6-9-1-3-20-7-9/h1,3,7,10H,2,4-6,8H2,(H,13,17)(H,15,16). The van der Waals surface area contributed by atoms with Gasteiger partial charge in [0.15, 0.2) is 9.84 Å². The average Bonchev–Trinajstić information content (AvgIpc) is 2.87. The largest absolute Gasteiger partial charge is 0.481 e. The molecule has 8 nitrogen and oxygen atoms in total. The first-order valence-electron chi connectivity index (χ1n) is 6.35. The number of nitrogens with one attached hydrogen (secondary N) is 1. The van der Waals surface area contributed by atoms with Crippen molar-refractivity contribution in [3.05, 3.63) is 24.2 Å². The molecule has 0 aliphatic carbocycles. The molecule has 1 aliphatic rings. The highest BCUT2D eigenvalue weighted by atomic mass is 32.2. The minimum Gasteiger partial charge on any atom is -0.481 e. The Morgan fingerprint density at radius 2 is 2.24 bits per heavy atom. The predicted octanol–water partition coefficient (Wildman–Crippen LogP) is 0.0629. The van der Waals surface area contributed by atoms with E-state index in [1.807, 2.05) is 0 Å². The molecule has 116 valence electrons. The van der Waals surface area contributed by atoms with Crippen molar-refractivity contribution in [3.63, 3.8) is 0 Å². The fourth-order valence-corrected chi connectivity index (χ4v) is 3.72. The second-order valence-electron chi connectivity index (χ2n) is 4.85. The molecule has 1 unspecified atom stereocenters. The molecule has 1 atom stereocenters. The van der Waals surface area contributed by atoms with Gasteiger partial charge in [-0.05, 0) is 6.07 Å². The predicted molar refractivity (Wildman–Crippen MR) is 72.3 cm³/mol. The van der Waals surface area contributed by atoms with Gasteiger partial charge in [0, 0.05) is 18.7 Å². The summed E-state index contributed by atoms with van der Waals surface area (Å²) in [5, 5.41) is 11.5. The van der Waals surface area contributed by atoms with E-state index in [0.717, 1.165) is 5.56 Å². The van der Waals surface area contributed by atoms with E-state index in [-0.39, 0.29) is 24.6 Å². The van der Waals surface area contributed by atoms with Gasteiger partial charge in [-0.15, -0.1) is 0 Å². The third-order valence-electron chi connectivity index (χ3n) is 3.23. The van der Waals surface area contributed by atoms with Crippen LogP contribution in [-0.4, -0.2) is 54.5 Å². The van der Waals surface area contributed by atoms with Gasteiger partial charge >= 0.3 is 12.0 Å². The molecule has 2 N–H and O–H groups in total. The summed E-state index contributed by atoms with van der Waals surface area (Å²) in [5.41, 5.74) is 0.766. The van der Waals surface area contributed by atoms with Crippen LogP contribution in [-0.2, 0) is 21.2 Å². The van der Waals surface area contributed by atoms with E-state index in [4.69, 9.17) is 9.52 Å². The Morgan fingerprint density at radius 1 is 1.48 bits per heavy atom. The quantitative estimate of drug-likeness (QED) is 0.811. The van der Waals surface area contributed by atoms with Gasteiger partial charge < -0.3 is 19.7 Å². The summed E-state index contributed by atoms with van der Waals surface area (Å²) in [4.78, 5) is 24.2. The van der Waals surface area contributed by atoms with Crippen molar-refractivity contribution in [3.8, 4) is 0 Å². The van der Waals surface area contributed by atoms with E-state index in [2.05, 4.69) is 5.32 Å². The fraction of sp³-hybridized carbons (Fsp3) is 0.500. The Labute approximate surface area is 121 Å². The number of hydrogen-bond donors (Lipinski definition) is 2. The molecule has 2 rings (SSSR count). The van der Waals surface area contributed by atoms with Crippen LogP contribution in [0.25, 0.3) is 0 Å². The first-order valence-corrected chi connectivity index (χ1v) is 8.17. The van der Waals surface area contributed by atoms with Crippen molar-refractivity contribution in [1.29, 1.82) is 0 Å². The molecular formula is C12H16N2O6S. The number of nitrogens with zero attached hydrogens (tertiary/aromatic N) is 1. The number of carboxylic acid groups (broad SMARTS) is 1. The van der Waals surface area contributed by atoms with Crippen molar-refractivity contribution >= 4 is 21.8 Å². The molecule has 0 bridgehead atoms. The Hall–Kier alpha value is -2.03. The molecule has 2 heterocycles. The van der Waals surface area contributed by atoms with E-state index >= 15 is 0 Å². The maximum Gasteiger partial charge on any atom is 0.317 e. The summed E-state index contributed by atoms with van der Waals surface area (Å²) in [6.45, 7) is 0.232. The number of carbonyl (C=O) groups is 2. The van der Waals surface area contributed by atoms with Gasteiger partial charge in [-0.3, -0.25) is 4.79 Å². The zero-order valence-corrected chi connectivity index (χ0v) is 12.0. The summed E-state index contributed by atoms with van der Waals surface area (Å²) in [6, 6.07) is 0.373. The molecule has 21 heavy (non-hydrogen) atoms. The summed E-state index contributed by atoms with van der Waals surface area (Å²) < 4.78 is 28.1. The third-order valence-corrected chi connectivity index (χ3v) is 4.92. The first-order chi connectivity index (χ1) is 9.87. The molecule has 1 fully saturated rings. The lowest BCUT2D eigenvalue weighted by Crippen LogP contribution is -2.54. The summed E-state index contributed by atoms with van der Waals surface area (Å²) in [7, 11) is -3.30. The van der Waals surface area contributed by atoms with Crippen LogP contribution in [0.5, 0.6) is 0 Å². The Morgan fingerprint density at radius 3 is 2.86 bits per heavy atom. The number of aliphatic carboxylic acids is 1. The van der Waals surface area contributed by atoms with E-state index in [0.29, 0.717) is 0 Å². The number of hydrogen-bond acceptors (Lipinski definition) is 5. The van der Waals surface area contributed by atoms with Crippen molar-refractivity contribution in [1.82, 2.24) is 10.2 Å². The van der Waals surface area contributed by atoms with Crippen LogP contribution >= 0.6 is 0 Å². The van der Waals surface area contributed by atoms with Crippen molar-refractivity contribution in [2.45, 2.75) is 19.0 Å². The topological polar surface area (TPSA) is 117 Å². The van der Waals surface area contributed by atoms with Gasteiger partial charge in [0.05, 0.1) is 36.5 Å². The number of furan rings is 1. The van der Waals surface area contributed by atoms with Gasteiger partial charge in [-0.25, -0.2) is 13.2 Å². The molecular weight excluding hydrogens is 300 g/mol. The average molecular weight is 316 g/mol. The molecule has 0 radical (unpaired) electrons. The third kappa shape index (κ3) is 4.22. The smallest absolute Gasteiger partial charge is 0.317 e. The highest BCUT2D eigenvalue weighted by Crippen LogP contribution is 2.15. The minimum absolute atomic E-state index is 0.00248. The van der Waals surface area contributed by atoms with Crippen LogP contribution < -0.4 is 5.32 Å². The number of sulfone groups is 1. The lowest BCUT2D eigenvalue weighted by Gasteiger charge is -2.34. The number of rotatable bonds is 4. The maximum absolute atomic E-state index is 12.1. The Balaban J connectivity index is 2.01. The van der Waals surface area contributed by atoms with Crippen LogP contribution in [0.2, 0.25) is 0 Å². The van der Waals surface area contributed by atoms with Gasteiger partial charge in [-0.2, -0.15) is 0 Å². The van der Waals surface area contributed by atoms with Gasteiger partial charge in [0.25, 0.3) is 0 Å². The summed E-state index contributed by atoms with van der Waals surface area (Å²) >= 11 is 0. The van der Waals surface area contributed by atoms with Gasteiger partial charge in [0.1, 0.15) is 0 Å². The fourth-order valence-electron chi connectivity index (χ4n) is 2.20. The molecule has 9 heteroatoms. The van der Waals surface area contributed by atoms with Gasteiger partial charge in [-0.1, -0.05) is 0 Å². The van der Waals surface area contributed by atoms with Crippen molar-refractivity contribution < 1.29 is 27.5 Å². The monoisotopic (exact) mass is 316 g/mol. The minimum atomic E-state index is -3.30. The second kappa shape index (κ2) is 6.17. The van der Waals surface area contributed by atoms with E-state index < -0.39 is 34.3 Å². The van der Waals surface area contributed by atoms with Gasteiger partial charge in [0.2, 0.25) is 0 Å². The molecule has 1 aliphatic heterocycles. The summed E-state index contributed by atoms with van der Waals surface area (Å²) in [5.74, 6) is -1.61. The molecule has 1 aromatic heterocycles. The zero-order valence-electron chi connectivity index (χ0n) is 11.2. The highest BCUT2D eigenvalue weighted by molar-refractivity contribution is 7.91. The van der Waals surface area contributed by atoms with Crippen molar-refractivity contribution in [2.24, 2.45) is 0 Å². The van der Waals surface area contributed by atoms with Crippen LogP contribution in [0.1, 0.15) is 12.0 Å². The van der Waals surface area contributed by atoms with E-state index in [1.165, 1.54) is 17.4 Å². The summed E-state index contributed by atoms with van der Waals surface area (Å²) in [6.07, 6.45) is 2.57. The van der Waals surface area contributed by atoms with Crippen LogP contribution in [0, 0.1) is 0 Å². The lowest BCUT2D eigenvalue weighted by molar-refractivity contribution is -0.138. The Kier molecular flexibility index (Phi) is 4.51. The molecule has 2 amide bonds. The van der Waals surface area contributed by atoms with Crippen LogP contribution in [0.15, 0.2) is 23.0 Å². The SMILES string of the molecule is O=C(O)CC1CS(=O)(=O)CCN1C(=O)NCc1ccoc1. The maximum atomic E-state index is 12.1. The van der Waals surface area contributed by atoms with Crippen molar-refractivity contribution in [2.75, 3.05) is 18.1 Å². The number of urea groups is 1. The zero-order chi connectivity index (χ0) is 15.5. The number of amides is 2. The van der Waals surface area contributed by atoms with Crippen LogP contribution in [0.4, 0.5) is 4.79 Å². The molecule has 1 saturated heterocycles. The molecule has 0 aromatic carbocycles. The number of carboxylic acids is 1. The molecule has 1 aromatic rings. The Bertz CT molecular complexity index is 610. The van der Waals surface area contributed by atoms with Crippen LogP contribution in [0.3, 0.4) is 0 Å². The normalized spacial score (nSPS) is 21.0. The molecule has 0 spiro atoms.